The van der Waals surface area contributed by atoms with Crippen molar-refractivity contribution in [3.8, 4) is 0 Å². The summed E-state index contributed by atoms with van der Waals surface area (Å²) in [6.07, 6.45) is 0.981. The van der Waals surface area contributed by atoms with E-state index >= 15 is 0 Å². The number of anilines is 1. The summed E-state index contributed by atoms with van der Waals surface area (Å²) in [6.45, 7) is 5.31. The maximum absolute atomic E-state index is 12.6. The second-order valence-electron chi connectivity index (χ2n) is 6.74. The van der Waals surface area contributed by atoms with Gasteiger partial charge in [0.15, 0.2) is 0 Å². The lowest BCUT2D eigenvalue weighted by Crippen LogP contribution is -2.47. The lowest BCUT2D eigenvalue weighted by atomic mass is 10.1. The molecule has 0 unspecified atom stereocenters. The average Bonchev–Trinajstić information content (AvgIpc) is 3.14. The molecule has 0 saturated carbocycles. The van der Waals surface area contributed by atoms with Crippen LogP contribution in [0.5, 0.6) is 0 Å². The number of nitrogens with zero attached hydrogens (tertiary/aromatic N) is 2. The minimum atomic E-state index is -0.254. The third kappa shape index (κ3) is 4.93. The fraction of sp³-hybridized carbons (Fsp3) is 0.556. The summed E-state index contributed by atoms with van der Waals surface area (Å²) in [5, 5.41) is 5.66. The van der Waals surface area contributed by atoms with E-state index in [9.17, 15) is 9.59 Å². The Hall–Kier alpha value is -2.12. The van der Waals surface area contributed by atoms with Gasteiger partial charge in [0, 0.05) is 56.5 Å². The van der Waals surface area contributed by atoms with E-state index in [1.807, 2.05) is 4.90 Å². The van der Waals surface area contributed by atoms with Crippen molar-refractivity contribution in [2.75, 3.05) is 58.3 Å². The van der Waals surface area contributed by atoms with Crippen LogP contribution in [0.25, 0.3) is 0 Å². The summed E-state index contributed by atoms with van der Waals surface area (Å²) in [5.74, 6) is 0.399. The third-order valence-electron chi connectivity index (χ3n) is 4.73. The quantitative estimate of drug-likeness (QED) is 0.860. The van der Waals surface area contributed by atoms with Gasteiger partial charge in [0.2, 0.25) is 0 Å². The second kappa shape index (κ2) is 8.31. The van der Waals surface area contributed by atoms with Crippen LogP contribution < -0.4 is 10.6 Å². The van der Waals surface area contributed by atoms with Crippen LogP contribution in [-0.4, -0.2) is 74.7 Å². The first-order valence-electron chi connectivity index (χ1n) is 8.82. The van der Waals surface area contributed by atoms with Crippen LogP contribution in [0.3, 0.4) is 0 Å². The SMILES string of the molecule is CN1CCN(C(=O)c2cccc(NC(=O)NC[C@@H]3CCOC3)c2)CC1. The van der Waals surface area contributed by atoms with Crippen molar-refractivity contribution in [3.63, 3.8) is 0 Å². The molecule has 7 nitrogen and oxygen atoms in total. The van der Waals surface area contributed by atoms with Crippen molar-refractivity contribution >= 4 is 17.6 Å². The highest BCUT2D eigenvalue weighted by Gasteiger charge is 2.21. The Kier molecular flexibility index (Phi) is 5.88. The fourth-order valence-electron chi connectivity index (χ4n) is 3.08. The van der Waals surface area contributed by atoms with Crippen molar-refractivity contribution in [2.24, 2.45) is 5.92 Å². The monoisotopic (exact) mass is 346 g/mol. The second-order valence-corrected chi connectivity index (χ2v) is 6.74. The number of likely N-dealkylation sites (N-methyl/N-ethyl adjacent to an activating group) is 1. The zero-order chi connectivity index (χ0) is 17.6. The molecule has 0 aromatic heterocycles. The van der Waals surface area contributed by atoms with Crippen molar-refractivity contribution < 1.29 is 14.3 Å². The molecular formula is C18H26N4O3. The van der Waals surface area contributed by atoms with Gasteiger partial charge >= 0.3 is 6.03 Å². The number of piperazine rings is 1. The number of ether oxygens (including phenoxy) is 1. The molecular weight excluding hydrogens is 320 g/mol. The van der Waals surface area contributed by atoms with Gasteiger partial charge in [-0.05, 0) is 31.7 Å². The van der Waals surface area contributed by atoms with E-state index in [1.54, 1.807) is 24.3 Å². The summed E-state index contributed by atoms with van der Waals surface area (Å²) < 4.78 is 5.30. The highest BCUT2D eigenvalue weighted by atomic mass is 16.5. The molecule has 2 aliphatic rings. The standard InChI is InChI=1S/C18H26N4O3/c1-21-6-8-22(9-7-21)17(23)15-3-2-4-16(11-15)20-18(24)19-12-14-5-10-25-13-14/h2-4,11,14H,5-10,12-13H2,1H3,(H2,19,20,24)/t14-/m0/s1. The van der Waals surface area contributed by atoms with Gasteiger partial charge < -0.3 is 25.2 Å². The highest BCUT2D eigenvalue weighted by Crippen LogP contribution is 2.14. The summed E-state index contributed by atoms with van der Waals surface area (Å²) in [6, 6.07) is 6.86. The van der Waals surface area contributed by atoms with Crippen LogP contribution in [0.4, 0.5) is 10.5 Å². The molecule has 0 spiro atoms. The van der Waals surface area contributed by atoms with Gasteiger partial charge in [-0.25, -0.2) is 4.79 Å². The van der Waals surface area contributed by atoms with Crippen LogP contribution >= 0.6 is 0 Å². The van der Waals surface area contributed by atoms with E-state index in [4.69, 9.17) is 4.74 Å². The number of urea groups is 1. The van der Waals surface area contributed by atoms with Crippen LogP contribution in [-0.2, 0) is 4.74 Å². The van der Waals surface area contributed by atoms with Gasteiger partial charge in [0.1, 0.15) is 0 Å². The van der Waals surface area contributed by atoms with Gasteiger partial charge in [-0.3, -0.25) is 4.79 Å². The van der Waals surface area contributed by atoms with Gasteiger partial charge in [-0.2, -0.15) is 0 Å². The van der Waals surface area contributed by atoms with Gasteiger partial charge in [-0.15, -0.1) is 0 Å². The number of hydrogen-bond donors (Lipinski definition) is 2. The molecule has 2 heterocycles. The average molecular weight is 346 g/mol. The highest BCUT2D eigenvalue weighted by molar-refractivity contribution is 5.97. The number of rotatable bonds is 4. The van der Waals surface area contributed by atoms with E-state index in [2.05, 4.69) is 22.6 Å². The Morgan fingerprint density at radius 1 is 1.24 bits per heavy atom. The van der Waals surface area contributed by atoms with Crippen LogP contribution in [0.15, 0.2) is 24.3 Å². The van der Waals surface area contributed by atoms with Crippen LogP contribution in [0.1, 0.15) is 16.8 Å². The molecule has 2 saturated heterocycles. The van der Waals surface area contributed by atoms with Gasteiger partial charge in [0.25, 0.3) is 5.91 Å². The molecule has 3 rings (SSSR count). The molecule has 0 radical (unpaired) electrons. The third-order valence-corrected chi connectivity index (χ3v) is 4.73. The molecule has 1 aromatic rings. The zero-order valence-corrected chi connectivity index (χ0v) is 14.7. The van der Waals surface area contributed by atoms with E-state index in [1.165, 1.54) is 0 Å². The number of carbonyl (C=O) groups is 2. The van der Waals surface area contributed by atoms with Crippen molar-refractivity contribution in [2.45, 2.75) is 6.42 Å². The summed E-state index contributed by atoms with van der Waals surface area (Å²) in [5.41, 5.74) is 1.23. The first-order chi connectivity index (χ1) is 12.1. The molecule has 25 heavy (non-hydrogen) atoms. The number of nitrogens with one attached hydrogen (secondary N) is 2. The molecule has 0 bridgehead atoms. The molecule has 1 atom stereocenters. The number of amides is 3. The predicted octanol–water partition coefficient (Wildman–Crippen LogP) is 1.23. The Labute approximate surface area is 148 Å². The minimum absolute atomic E-state index is 0.0141. The molecule has 2 fully saturated rings. The van der Waals surface area contributed by atoms with E-state index in [-0.39, 0.29) is 11.9 Å². The molecule has 2 aliphatic heterocycles. The Bertz CT molecular complexity index is 608. The molecule has 136 valence electrons. The lowest BCUT2D eigenvalue weighted by molar-refractivity contribution is 0.0664. The first-order valence-corrected chi connectivity index (χ1v) is 8.82. The topological polar surface area (TPSA) is 73.9 Å². The predicted molar refractivity (Wildman–Crippen MR) is 95.8 cm³/mol. The fourth-order valence-corrected chi connectivity index (χ4v) is 3.08. The molecule has 0 aliphatic carbocycles. The van der Waals surface area contributed by atoms with Gasteiger partial charge in [-0.1, -0.05) is 6.07 Å². The number of benzene rings is 1. The molecule has 3 amide bonds. The van der Waals surface area contributed by atoms with E-state index in [0.717, 1.165) is 39.2 Å². The molecule has 2 N–H and O–H groups in total. The van der Waals surface area contributed by atoms with Crippen LogP contribution in [0, 0.1) is 5.92 Å². The summed E-state index contributed by atoms with van der Waals surface area (Å²) in [7, 11) is 2.06. The van der Waals surface area contributed by atoms with E-state index < -0.39 is 0 Å². The van der Waals surface area contributed by atoms with Crippen molar-refractivity contribution in [1.82, 2.24) is 15.1 Å². The number of hydrogen-bond acceptors (Lipinski definition) is 4. The Balaban J connectivity index is 1.53. The maximum Gasteiger partial charge on any atom is 0.319 e. The Morgan fingerprint density at radius 3 is 2.76 bits per heavy atom. The zero-order valence-electron chi connectivity index (χ0n) is 14.7. The normalized spacial score (nSPS) is 21.2. The summed E-state index contributed by atoms with van der Waals surface area (Å²) >= 11 is 0. The summed E-state index contributed by atoms with van der Waals surface area (Å²) in [4.78, 5) is 28.7. The molecule has 7 heteroatoms. The first kappa shape index (κ1) is 17.7. The lowest BCUT2D eigenvalue weighted by Gasteiger charge is -2.32. The maximum atomic E-state index is 12.6. The van der Waals surface area contributed by atoms with Crippen molar-refractivity contribution in [1.29, 1.82) is 0 Å². The molecule has 1 aromatic carbocycles. The number of carbonyl (C=O) groups excluding carboxylic acids is 2. The smallest absolute Gasteiger partial charge is 0.319 e. The minimum Gasteiger partial charge on any atom is -0.381 e. The van der Waals surface area contributed by atoms with Crippen LogP contribution in [0.2, 0.25) is 0 Å². The van der Waals surface area contributed by atoms with E-state index in [0.29, 0.717) is 30.3 Å². The Morgan fingerprint density at radius 2 is 2.04 bits per heavy atom. The largest absolute Gasteiger partial charge is 0.381 e. The van der Waals surface area contributed by atoms with Crippen molar-refractivity contribution in [3.05, 3.63) is 29.8 Å². The van der Waals surface area contributed by atoms with Gasteiger partial charge in [0.05, 0.1) is 6.61 Å².